The predicted octanol–water partition coefficient (Wildman–Crippen LogP) is 4.81. The minimum Gasteiger partial charge on any atom is -0.444 e. The van der Waals surface area contributed by atoms with E-state index in [0.29, 0.717) is 18.7 Å². The number of benzene rings is 1. The monoisotopic (exact) mass is 411 g/mol. The number of nitrogens with zero attached hydrogens (tertiary/aromatic N) is 1. The van der Waals surface area contributed by atoms with Crippen LogP contribution in [0.25, 0.3) is 0 Å². The normalized spacial score (nSPS) is 22.1. The fourth-order valence-corrected chi connectivity index (χ4v) is 4.65. The van der Waals surface area contributed by atoms with Crippen LogP contribution in [0.4, 0.5) is 4.79 Å². The summed E-state index contributed by atoms with van der Waals surface area (Å²) in [5, 5.41) is 0. The van der Waals surface area contributed by atoms with E-state index >= 15 is 0 Å². The lowest BCUT2D eigenvalue weighted by Gasteiger charge is -2.32. The van der Waals surface area contributed by atoms with Crippen LogP contribution in [-0.2, 0) is 14.3 Å². The number of aryl methyl sites for hydroxylation is 3. The van der Waals surface area contributed by atoms with Crippen molar-refractivity contribution in [3.05, 3.63) is 46.0 Å². The zero-order valence-electron chi connectivity index (χ0n) is 19.0. The first kappa shape index (κ1) is 22.3. The molecule has 1 aliphatic heterocycles. The molecule has 30 heavy (non-hydrogen) atoms. The highest BCUT2D eigenvalue weighted by atomic mass is 16.6. The molecule has 0 bridgehead atoms. The van der Waals surface area contributed by atoms with Crippen LogP contribution in [0.15, 0.2) is 23.8 Å². The van der Waals surface area contributed by atoms with Crippen LogP contribution in [0, 0.1) is 26.7 Å². The Kier molecular flexibility index (Phi) is 6.21. The first-order valence-corrected chi connectivity index (χ1v) is 10.8. The molecule has 1 amide bonds. The Bertz CT molecular complexity index is 875. The summed E-state index contributed by atoms with van der Waals surface area (Å²) in [5.41, 5.74) is 4.16. The number of carbonyl (C=O) groups excluding carboxylic acids is 3. The van der Waals surface area contributed by atoms with Crippen molar-refractivity contribution in [3.63, 3.8) is 0 Å². The molecule has 0 N–H and O–H groups in total. The van der Waals surface area contributed by atoms with Crippen molar-refractivity contribution >= 4 is 17.7 Å². The van der Waals surface area contributed by atoms with Crippen LogP contribution < -0.4 is 0 Å². The summed E-state index contributed by atoms with van der Waals surface area (Å²) >= 11 is 0. The summed E-state index contributed by atoms with van der Waals surface area (Å²) in [5.74, 6) is -0.523. The number of Topliss-reactive ketones (excluding diaryl/α,β-unsaturated/α-hetero) is 2. The van der Waals surface area contributed by atoms with E-state index in [1.165, 1.54) is 0 Å². The molecule has 1 atom stereocenters. The Morgan fingerprint density at radius 2 is 1.63 bits per heavy atom. The van der Waals surface area contributed by atoms with Gasteiger partial charge in [-0.2, -0.15) is 0 Å². The highest BCUT2D eigenvalue weighted by Gasteiger charge is 2.40. The van der Waals surface area contributed by atoms with Gasteiger partial charge in [0.15, 0.2) is 11.6 Å². The maximum atomic E-state index is 13.1. The summed E-state index contributed by atoms with van der Waals surface area (Å²) in [4.78, 5) is 39.9. The van der Waals surface area contributed by atoms with Crippen LogP contribution in [0.3, 0.4) is 0 Å². The molecule has 1 aliphatic carbocycles. The van der Waals surface area contributed by atoms with Crippen molar-refractivity contribution in [2.45, 2.75) is 72.3 Å². The average Bonchev–Trinajstić information content (AvgIpc) is 2.88. The molecule has 2 fully saturated rings. The maximum Gasteiger partial charge on any atom is 0.410 e. The summed E-state index contributed by atoms with van der Waals surface area (Å²) in [7, 11) is 0. The smallest absolute Gasteiger partial charge is 0.410 e. The van der Waals surface area contributed by atoms with E-state index in [1.54, 1.807) is 4.90 Å². The van der Waals surface area contributed by atoms with Crippen LogP contribution in [0.2, 0.25) is 0 Å². The van der Waals surface area contributed by atoms with Gasteiger partial charge in [-0.1, -0.05) is 23.8 Å². The van der Waals surface area contributed by atoms with Crippen LogP contribution in [0.5, 0.6) is 0 Å². The van der Waals surface area contributed by atoms with Crippen molar-refractivity contribution < 1.29 is 19.1 Å². The molecule has 1 saturated heterocycles. The number of allylic oxidation sites excluding steroid dienone is 2. The molecule has 2 aliphatic rings. The van der Waals surface area contributed by atoms with Crippen LogP contribution in [0.1, 0.15) is 68.2 Å². The van der Waals surface area contributed by atoms with Gasteiger partial charge in [0.2, 0.25) is 0 Å². The van der Waals surface area contributed by atoms with Gasteiger partial charge in [-0.05, 0) is 82.6 Å². The molecule has 0 spiro atoms. The SMILES string of the molecule is Cc1cc(C)c(C2C(=O)CC(=CC3CCN(C(=O)OC(C)(C)C)CC3)C2=O)c(C)c1. The number of amides is 1. The molecule has 0 radical (unpaired) electrons. The number of hydrogen-bond acceptors (Lipinski definition) is 4. The van der Waals surface area contributed by atoms with Crippen molar-refractivity contribution in [3.8, 4) is 0 Å². The lowest BCUT2D eigenvalue weighted by Crippen LogP contribution is -2.41. The van der Waals surface area contributed by atoms with Gasteiger partial charge in [0.1, 0.15) is 11.5 Å². The highest BCUT2D eigenvalue weighted by Crippen LogP contribution is 2.37. The molecule has 5 nitrogen and oxygen atoms in total. The maximum absolute atomic E-state index is 13.1. The molecule has 1 unspecified atom stereocenters. The Hall–Kier alpha value is -2.43. The Balaban J connectivity index is 1.69. The van der Waals surface area contributed by atoms with Crippen molar-refractivity contribution in [1.82, 2.24) is 4.90 Å². The van der Waals surface area contributed by atoms with Gasteiger partial charge in [0, 0.05) is 19.5 Å². The third-order valence-corrected chi connectivity index (χ3v) is 5.92. The van der Waals surface area contributed by atoms with E-state index < -0.39 is 11.5 Å². The zero-order valence-corrected chi connectivity index (χ0v) is 19.0. The quantitative estimate of drug-likeness (QED) is 0.517. The minimum atomic E-state index is -0.668. The third kappa shape index (κ3) is 4.82. The topological polar surface area (TPSA) is 63.7 Å². The molecule has 1 aromatic rings. The van der Waals surface area contributed by atoms with Gasteiger partial charge in [0.05, 0.1) is 0 Å². The average molecular weight is 412 g/mol. The van der Waals surface area contributed by atoms with E-state index in [1.807, 2.05) is 59.8 Å². The second-order valence-corrected chi connectivity index (χ2v) is 9.75. The number of ether oxygens (including phenoxy) is 1. The van der Waals surface area contributed by atoms with Gasteiger partial charge in [0.25, 0.3) is 0 Å². The summed E-state index contributed by atoms with van der Waals surface area (Å²) < 4.78 is 5.44. The second kappa shape index (κ2) is 8.37. The third-order valence-electron chi connectivity index (χ3n) is 5.92. The lowest BCUT2D eigenvalue weighted by atomic mass is 9.86. The van der Waals surface area contributed by atoms with Gasteiger partial charge >= 0.3 is 6.09 Å². The number of hydrogen-bond donors (Lipinski definition) is 0. The van der Waals surface area contributed by atoms with Gasteiger partial charge < -0.3 is 9.64 Å². The largest absolute Gasteiger partial charge is 0.444 e. The number of likely N-dealkylation sites (tertiary alicyclic amines) is 1. The van der Waals surface area contributed by atoms with E-state index in [4.69, 9.17) is 4.74 Å². The van der Waals surface area contributed by atoms with Crippen molar-refractivity contribution in [2.24, 2.45) is 5.92 Å². The van der Waals surface area contributed by atoms with E-state index in [9.17, 15) is 14.4 Å². The Morgan fingerprint density at radius 1 is 1.07 bits per heavy atom. The lowest BCUT2D eigenvalue weighted by molar-refractivity contribution is -0.123. The van der Waals surface area contributed by atoms with Gasteiger partial charge in [-0.3, -0.25) is 9.59 Å². The number of ketones is 2. The van der Waals surface area contributed by atoms with E-state index in [2.05, 4.69) is 0 Å². The first-order valence-electron chi connectivity index (χ1n) is 10.8. The van der Waals surface area contributed by atoms with E-state index in [-0.39, 0.29) is 30.0 Å². The van der Waals surface area contributed by atoms with Gasteiger partial charge in [-0.15, -0.1) is 0 Å². The molecule has 1 heterocycles. The fraction of sp³-hybridized carbons (Fsp3) is 0.560. The highest BCUT2D eigenvalue weighted by molar-refractivity contribution is 6.23. The van der Waals surface area contributed by atoms with Crippen LogP contribution in [-0.4, -0.2) is 41.3 Å². The molecule has 0 aromatic heterocycles. The first-order chi connectivity index (χ1) is 14.0. The summed E-state index contributed by atoms with van der Waals surface area (Å²) in [6.07, 6.45) is 3.47. The molecular weight excluding hydrogens is 378 g/mol. The molecule has 3 rings (SSSR count). The predicted molar refractivity (Wildman–Crippen MR) is 117 cm³/mol. The Labute approximate surface area is 179 Å². The molecule has 5 heteroatoms. The zero-order chi connectivity index (χ0) is 22.2. The Morgan fingerprint density at radius 3 is 2.17 bits per heavy atom. The van der Waals surface area contributed by atoms with Crippen LogP contribution >= 0.6 is 0 Å². The summed E-state index contributed by atoms with van der Waals surface area (Å²) in [6.45, 7) is 12.8. The summed E-state index contributed by atoms with van der Waals surface area (Å²) in [6, 6.07) is 4.08. The van der Waals surface area contributed by atoms with Gasteiger partial charge in [-0.25, -0.2) is 4.79 Å². The molecule has 1 saturated carbocycles. The van der Waals surface area contributed by atoms with Crippen molar-refractivity contribution in [2.75, 3.05) is 13.1 Å². The standard InChI is InChI=1S/C25H33NO4/c1-15-11-16(2)21(17(3)12-15)22-20(27)14-19(23(22)28)13-18-7-9-26(10-8-18)24(29)30-25(4,5)6/h11-13,18,22H,7-10,14H2,1-6H3. The number of piperidine rings is 1. The van der Waals surface area contributed by atoms with Crippen molar-refractivity contribution in [1.29, 1.82) is 0 Å². The fourth-order valence-electron chi connectivity index (χ4n) is 4.65. The molecule has 162 valence electrons. The molecular formula is C25H33NO4. The minimum absolute atomic E-state index is 0.00695. The van der Waals surface area contributed by atoms with E-state index in [0.717, 1.165) is 35.1 Å². The number of carbonyl (C=O) groups is 3. The second-order valence-electron chi connectivity index (χ2n) is 9.75. The number of rotatable bonds is 2. The molecule has 1 aromatic carbocycles.